The molecular weight excluding hydrogens is 356 g/mol. The zero-order chi connectivity index (χ0) is 19.1. The van der Waals surface area contributed by atoms with Crippen LogP contribution in [0.25, 0.3) is 0 Å². The van der Waals surface area contributed by atoms with Crippen LogP contribution >= 0.6 is 0 Å². The van der Waals surface area contributed by atoms with E-state index in [0.29, 0.717) is 5.76 Å². The number of Topliss-reactive ketones (excluding diaryl/α,β-unsaturated/α-hetero) is 2. The average Bonchev–Trinajstić information content (AvgIpc) is 3.42. The number of furan rings is 1. The maximum atomic E-state index is 13.7. The summed E-state index contributed by atoms with van der Waals surface area (Å²) in [4.78, 5) is 30.9. The van der Waals surface area contributed by atoms with Gasteiger partial charge in [0.15, 0.2) is 5.78 Å². The predicted molar refractivity (Wildman–Crippen MR) is 99.5 cm³/mol. The molecule has 0 unspecified atom stereocenters. The maximum Gasteiger partial charge on any atom is 0.170 e. The molecule has 1 aromatic carbocycles. The van der Waals surface area contributed by atoms with Crippen LogP contribution in [0, 0.1) is 5.92 Å². The first-order valence-corrected chi connectivity index (χ1v) is 9.49. The van der Waals surface area contributed by atoms with Gasteiger partial charge in [-0.1, -0.05) is 24.3 Å². The Morgan fingerprint density at radius 2 is 2.04 bits per heavy atom. The number of hydrogen-bond acceptors (Lipinski definition) is 6. The van der Waals surface area contributed by atoms with E-state index in [-0.39, 0.29) is 29.9 Å². The Bertz CT molecular complexity index is 997. The van der Waals surface area contributed by atoms with Crippen LogP contribution in [0.2, 0.25) is 0 Å². The second-order valence-corrected chi connectivity index (χ2v) is 7.37. The van der Waals surface area contributed by atoms with Gasteiger partial charge in [0.2, 0.25) is 0 Å². The van der Waals surface area contributed by atoms with E-state index in [1.165, 1.54) is 18.2 Å². The Kier molecular flexibility index (Phi) is 4.16. The summed E-state index contributed by atoms with van der Waals surface area (Å²) in [6.45, 7) is 0.744. The van der Waals surface area contributed by atoms with Gasteiger partial charge in [0.05, 0.1) is 18.1 Å². The third kappa shape index (κ3) is 2.70. The molecule has 2 aliphatic rings. The standard InChI is InChI=1S/C21H20N4O3/c26-16-10-15(17-6-3-9-28-17)20(25-12-22-11-24-25)21(27)18(16)19-14-5-2-1-4-13(14)7-8-23-19/h1-6,9,11-12,15,18-20,23H,7-8,10H2/t15-,18-,19-,20+/m1/s1. The number of fused-ring (bicyclic) bond motifs is 1. The molecule has 1 saturated carbocycles. The van der Waals surface area contributed by atoms with Gasteiger partial charge in [-0.15, -0.1) is 0 Å². The summed E-state index contributed by atoms with van der Waals surface area (Å²) < 4.78 is 7.11. The van der Waals surface area contributed by atoms with Gasteiger partial charge in [0.1, 0.15) is 30.2 Å². The summed E-state index contributed by atoms with van der Waals surface area (Å²) in [7, 11) is 0. The van der Waals surface area contributed by atoms with Crippen LogP contribution in [-0.2, 0) is 16.0 Å². The summed E-state index contributed by atoms with van der Waals surface area (Å²) in [5.74, 6) is -0.708. The minimum atomic E-state index is -0.748. The fourth-order valence-electron chi connectivity index (χ4n) is 4.62. The minimum Gasteiger partial charge on any atom is -0.469 e. The molecule has 7 heteroatoms. The lowest BCUT2D eigenvalue weighted by Crippen LogP contribution is -2.48. The topological polar surface area (TPSA) is 90.0 Å². The van der Waals surface area contributed by atoms with E-state index in [9.17, 15) is 9.59 Å². The smallest absolute Gasteiger partial charge is 0.170 e. The van der Waals surface area contributed by atoms with E-state index in [1.54, 1.807) is 17.0 Å². The number of rotatable bonds is 3. The van der Waals surface area contributed by atoms with Crippen LogP contribution in [0.5, 0.6) is 0 Å². The molecule has 3 heterocycles. The number of carbonyl (C=O) groups excluding carboxylic acids is 2. The van der Waals surface area contributed by atoms with Gasteiger partial charge >= 0.3 is 0 Å². The predicted octanol–water partition coefficient (Wildman–Crippen LogP) is 2.24. The molecule has 0 spiro atoms. The lowest BCUT2D eigenvalue weighted by atomic mass is 9.70. The largest absolute Gasteiger partial charge is 0.469 e. The lowest BCUT2D eigenvalue weighted by Gasteiger charge is -2.38. The van der Waals surface area contributed by atoms with Crippen molar-refractivity contribution in [2.45, 2.75) is 30.8 Å². The van der Waals surface area contributed by atoms with Gasteiger partial charge in [-0.3, -0.25) is 9.59 Å². The highest BCUT2D eigenvalue weighted by Crippen LogP contribution is 2.44. The highest BCUT2D eigenvalue weighted by Gasteiger charge is 2.50. The molecule has 142 valence electrons. The molecule has 1 aliphatic carbocycles. The van der Waals surface area contributed by atoms with E-state index in [0.717, 1.165) is 18.5 Å². The van der Waals surface area contributed by atoms with Crippen molar-refractivity contribution >= 4 is 11.6 Å². The van der Waals surface area contributed by atoms with Gasteiger partial charge in [-0.2, -0.15) is 5.10 Å². The zero-order valence-electron chi connectivity index (χ0n) is 15.2. The molecule has 0 bridgehead atoms. The molecule has 5 rings (SSSR count). The number of nitrogens with one attached hydrogen (secondary N) is 1. The molecule has 1 N–H and O–H groups in total. The molecule has 2 aromatic heterocycles. The Morgan fingerprint density at radius 3 is 2.82 bits per heavy atom. The fraction of sp³-hybridized carbons (Fsp3) is 0.333. The van der Waals surface area contributed by atoms with Crippen molar-refractivity contribution in [1.29, 1.82) is 0 Å². The van der Waals surface area contributed by atoms with E-state index < -0.39 is 12.0 Å². The summed E-state index contributed by atoms with van der Waals surface area (Å²) in [6.07, 6.45) is 5.63. The summed E-state index contributed by atoms with van der Waals surface area (Å²) in [6, 6.07) is 10.7. The van der Waals surface area contributed by atoms with Gasteiger partial charge in [-0.25, -0.2) is 9.67 Å². The molecule has 28 heavy (non-hydrogen) atoms. The number of aromatic nitrogens is 3. The van der Waals surface area contributed by atoms with Crippen molar-refractivity contribution in [2.24, 2.45) is 5.92 Å². The lowest BCUT2D eigenvalue weighted by molar-refractivity contribution is -0.141. The molecule has 0 amide bonds. The van der Waals surface area contributed by atoms with Crippen molar-refractivity contribution in [3.05, 3.63) is 72.2 Å². The minimum absolute atomic E-state index is 0.0584. The van der Waals surface area contributed by atoms with E-state index in [2.05, 4.69) is 21.5 Å². The number of carbonyl (C=O) groups is 2. The number of nitrogens with zero attached hydrogens (tertiary/aromatic N) is 3. The SMILES string of the molecule is O=C1C[C@H](c2ccco2)[C@H](n2cncn2)C(=O)[C@H]1[C@@H]1NCCc2ccccc21. The highest BCUT2D eigenvalue weighted by molar-refractivity contribution is 6.08. The van der Waals surface area contributed by atoms with Gasteiger partial charge in [-0.05, 0) is 36.2 Å². The van der Waals surface area contributed by atoms with Crippen molar-refractivity contribution < 1.29 is 14.0 Å². The first-order chi connectivity index (χ1) is 13.7. The van der Waals surface area contributed by atoms with E-state index >= 15 is 0 Å². The molecule has 0 saturated heterocycles. The molecular formula is C21H20N4O3. The van der Waals surface area contributed by atoms with Crippen LogP contribution in [0.4, 0.5) is 0 Å². The monoisotopic (exact) mass is 376 g/mol. The Hall–Kier alpha value is -3.06. The molecule has 1 aliphatic heterocycles. The second-order valence-electron chi connectivity index (χ2n) is 7.37. The van der Waals surface area contributed by atoms with Crippen LogP contribution in [0.1, 0.15) is 41.3 Å². The van der Waals surface area contributed by atoms with E-state index in [4.69, 9.17) is 4.42 Å². The summed E-state index contributed by atoms with van der Waals surface area (Å²) >= 11 is 0. The third-order valence-corrected chi connectivity index (χ3v) is 5.86. The van der Waals surface area contributed by atoms with Crippen LogP contribution in [0.3, 0.4) is 0 Å². The normalized spacial score (nSPS) is 27.6. The average molecular weight is 376 g/mol. The number of ketones is 2. The first kappa shape index (κ1) is 17.1. The summed E-state index contributed by atoms with van der Waals surface area (Å²) in [5, 5.41) is 7.62. The van der Waals surface area contributed by atoms with Crippen molar-refractivity contribution in [1.82, 2.24) is 20.1 Å². The van der Waals surface area contributed by atoms with Crippen molar-refractivity contribution in [2.75, 3.05) is 6.54 Å². The molecule has 3 aromatic rings. The maximum absolute atomic E-state index is 13.7. The molecule has 1 fully saturated rings. The number of benzene rings is 1. The first-order valence-electron chi connectivity index (χ1n) is 9.49. The third-order valence-electron chi connectivity index (χ3n) is 5.86. The van der Waals surface area contributed by atoms with Crippen molar-refractivity contribution in [3.63, 3.8) is 0 Å². The Balaban J connectivity index is 1.56. The Labute approximate surface area is 161 Å². The van der Waals surface area contributed by atoms with E-state index in [1.807, 2.05) is 24.3 Å². The van der Waals surface area contributed by atoms with Crippen LogP contribution < -0.4 is 5.32 Å². The molecule has 7 nitrogen and oxygen atoms in total. The number of hydrogen-bond donors (Lipinski definition) is 1. The summed E-state index contributed by atoms with van der Waals surface area (Å²) in [5.41, 5.74) is 2.23. The van der Waals surface area contributed by atoms with Gasteiger partial charge < -0.3 is 9.73 Å². The van der Waals surface area contributed by atoms with Crippen LogP contribution in [0.15, 0.2) is 59.7 Å². The second kappa shape index (κ2) is 6.83. The fourth-order valence-corrected chi connectivity index (χ4v) is 4.62. The quantitative estimate of drug-likeness (QED) is 0.705. The highest BCUT2D eigenvalue weighted by atomic mass is 16.3. The zero-order valence-corrected chi connectivity index (χ0v) is 15.2. The molecule has 0 radical (unpaired) electrons. The van der Waals surface area contributed by atoms with Gasteiger partial charge in [0.25, 0.3) is 0 Å². The Morgan fingerprint density at radius 1 is 1.14 bits per heavy atom. The molecule has 4 atom stereocenters. The van der Waals surface area contributed by atoms with Crippen LogP contribution in [-0.4, -0.2) is 32.9 Å². The van der Waals surface area contributed by atoms with Crippen molar-refractivity contribution in [3.8, 4) is 0 Å². The van der Waals surface area contributed by atoms with Gasteiger partial charge in [0, 0.05) is 12.5 Å².